The van der Waals surface area contributed by atoms with E-state index in [1.807, 2.05) is 0 Å². The second-order valence-electron chi connectivity index (χ2n) is 4.39. The maximum atomic E-state index is 11.0. The third-order valence-electron chi connectivity index (χ3n) is 2.87. The lowest BCUT2D eigenvalue weighted by Gasteiger charge is -2.08. The summed E-state index contributed by atoms with van der Waals surface area (Å²) >= 11 is 0. The molecule has 2 N–H and O–H groups in total. The van der Waals surface area contributed by atoms with Gasteiger partial charge in [-0.25, -0.2) is 0 Å². The van der Waals surface area contributed by atoms with E-state index >= 15 is 0 Å². The first-order valence-electron chi connectivity index (χ1n) is 6.55. The smallest absolute Gasteiger partial charge is 0.322 e. The highest BCUT2D eigenvalue weighted by molar-refractivity contribution is 5.75. The van der Waals surface area contributed by atoms with Crippen LogP contribution in [0.4, 0.5) is 0 Å². The van der Waals surface area contributed by atoms with Crippen molar-refractivity contribution in [1.82, 2.24) is 0 Å². The van der Waals surface area contributed by atoms with Gasteiger partial charge in [-0.15, -0.1) is 0 Å². The van der Waals surface area contributed by atoms with Gasteiger partial charge >= 0.3 is 5.97 Å². The maximum Gasteiger partial charge on any atom is 0.322 e. The Balaban J connectivity index is 3.17. The minimum atomic E-state index is -0.426. The summed E-state index contributed by atoms with van der Waals surface area (Å²) in [6, 6.07) is -0.426. The molecule has 0 aromatic heterocycles. The molecule has 0 rings (SSSR count). The summed E-state index contributed by atoms with van der Waals surface area (Å²) in [6.45, 7) is 2.23. The molecular formula is C13H27NO2. The van der Waals surface area contributed by atoms with Gasteiger partial charge in [-0.1, -0.05) is 58.3 Å². The molecule has 16 heavy (non-hydrogen) atoms. The third-order valence-corrected chi connectivity index (χ3v) is 2.87. The van der Waals surface area contributed by atoms with Gasteiger partial charge < -0.3 is 10.5 Å². The van der Waals surface area contributed by atoms with Crippen molar-refractivity contribution in [3.8, 4) is 0 Å². The number of carbonyl (C=O) groups excluding carboxylic acids is 1. The first-order chi connectivity index (χ1) is 7.72. The molecule has 0 saturated heterocycles. The molecule has 1 atom stereocenters. The molecule has 3 nitrogen and oxygen atoms in total. The summed E-state index contributed by atoms with van der Waals surface area (Å²) in [7, 11) is 1.38. The van der Waals surface area contributed by atoms with E-state index in [4.69, 9.17) is 5.73 Å². The normalized spacial score (nSPS) is 12.4. The Hall–Kier alpha value is -0.570. The molecule has 0 aliphatic carbocycles. The molecule has 0 aromatic rings. The van der Waals surface area contributed by atoms with Crippen molar-refractivity contribution >= 4 is 5.97 Å². The second kappa shape index (κ2) is 10.9. The van der Waals surface area contributed by atoms with Crippen LogP contribution in [0.2, 0.25) is 0 Å². The summed E-state index contributed by atoms with van der Waals surface area (Å²) in [5.41, 5.74) is 5.63. The Bertz CT molecular complexity index is 171. The standard InChI is InChI=1S/C13H27NO2/c1-3-4-5-6-7-8-9-10-11-12(14)13(15)16-2/h12H,3-11,14H2,1-2H3/t12-/m0/s1. The molecule has 0 aromatic carbocycles. The fourth-order valence-electron chi connectivity index (χ4n) is 1.77. The molecule has 0 aliphatic rings. The quantitative estimate of drug-likeness (QED) is 0.463. The lowest BCUT2D eigenvalue weighted by atomic mass is 10.1. The van der Waals surface area contributed by atoms with Gasteiger partial charge in [-0.05, 0) is 6.42 Å². The number of hydrogen-bond donors (Lipinski definition) is 1. The van der Waals surface area contributed by atoms with Crippen molar-refractivity contribution in [2.24, 2.45) is 5.73 Å². The van der Waals surface area contributed by atoms with Crippen LogP contribution in [0.15, 0.2) is 0 Å². The van der Waals surface area contributed by atoms with Gasteiger partial charge in [0, 0.05) is 0 Å². The average molecular weight is 229 g/mol. The van der Waals surface area contributed by atoms with E-state index in [0.29, 0.717) is 0 Å². The Morgan fingerprint density at radius 1 is 1.06 bits per heavy atom. The Morgan fingerprint density at radius 3 is 2.06 bits per heavy atom. The highest BCUT2D eigenvalue weighted by Gasteiger charge is 2.12. The van der Waals surface area contributed by atoms with Crippen LogP contribution in [0.5, 0.6) is 0 Å². The van der Waals surface area contributed by atoms with Crippen LogP contribution in [0.25, 0.3) is 0 Å². The fraction of sp³-hybridized carbons (Fsp3) is 0.923. The first-order valence-corrected chi connectivity index (χ1v) is 6.55. The predicted octanol–water partition coefficient (Wildman–Crippen LogP) is 3.02. The van der Waals surface area contributed by atoms with E-state index in [2.05, 4.69) is 11.7 Å². The van der Waals surface area contributed by atoms with E-state index < -0.39 is 6.04 Å². The SMILES string of the molecule is CCCCCCCCCC[C@H](N)C(=O)OC. The fourth-order valence-corrected chi connectivity index (χ4v) is 1.77. The summed E-state index contributed by atoms with van der Waals surface area (Å²) in [4.78, 5) is 11.0. The molecule has 0 heterocycles. The van der Waals surface area contributed by atoms with Crippen LogP contribution in [-0.2, 0) is 9.53 Å². The van der Waals surface area contributed by atoms with Gasteiger partial charge in [0.05, 0.1) is 7.11 Å². The average Bonchev–Trinajstić information content (AvgIpc) is 2.31. The number of hydrogen-bond acceptors (Lipinski definition) is 3. The van der Waals surface area contributed by atoms with E-state index in [-0.39, 0.29) is 5.97 Å². The largest absolute Gasteiger partial charge is 0.468 e. The molecule has 0 bridgehead atoms. The molecule has 0 amide bonds. The Morgan fingerprint density at radius 2 is 1.56 bits per heavy atom. The molecule has 0 fully saturated rings. The van der Waals surface area contributed by atoms with Crippen molar-refractivity contribution < 1.29 is 9.53 Å². The molecule has 3 heteroatoms. The zero-order chi connectivity index (χ0) is 12.2. The maximum absolute atomic E-state index is 11.0. The predicted molar refractivity (Wildman–Crippen MR) is 67.2 cm³/mol. The van der Waals surface area contributed by atoms with Gasteiger partial charge in [0.15, 0.2) is 0 Å². The lowest BCUT2D eigenvalue weighted by molar-refractivity contribution is -0.142. The van der Waals surface area contributed by atoms with Crippen LogP contribution < -0.4 is 5.73 Å². The monoisotopic (exact) mass is 229 g/mol. The number of rotatable bonds is 10. The highest BCUT2D eigenvalue weighted by Crippen LogP contribution is 2.10. The number of ether oxygens (including phenoxy) is 1. The summed E-state index contributed by atoms with van der Waals surface area (Å²) in [5.74, 6) is -0.289. The minimum absolute atomic E-state index is 0.289. The number of carbonyl (C=O) groups is 1. The molecule has 96 valence electrons. The van der Waals surface area contributed by atoms with E-state index in [9.17, 15) is 4.79 Å². The van der Waals surface area contributed by atoms with Gasteiger partial charge in [0.25, 0.3) is 0 Å². The van der Waals surface area contributed by atoms with Gasteiger partial charge in [-0.2, -0.15) is 0 Å². The van der Waals surface area contributed by atoms with Gasteiger partial charge in [0.2, 0.25) is 0 Å². The molecule has 0 spiro atoms. The number of methoxy groups -OCH3 is 1. The van der Waals surface area contributed by atoms with Crippen molar-refractivity contribution in [3.63, 3.8) is 0 Å². The Labute approximate surface area is 99.7 Å². The number of nitrogens with two attached hydrogens (primary N) is 1. The molecule has 0 unspecified atom stereocenters. The van der Waals surface area contributed by atoms with E-state index in [1.54, 1.807) is 0 Å². The molecular weight excluding hydrogens is 202 g/mol. The van der Waals surface area contributed by atoms with E-state index in [1.165, 1.54) is 52.1 Å². The van der Waals surface area contributed by atoms with Crippen LogP contribution in [0, 0.1) is 0 Å². The van der Waals surface area contributed by atoms with Gasteiger partial charge in [-0.3, -0.25) is 4.79 Å². The topological polar surface area (TPSA) is 52.3 Å². The first kappa shape index (κ1) is 15.4. The number of unbranched alkanes of at least 4 members (excludes halogenated alkanes) is 7. The highest BCUT2D eigenvalue weighted by atomic mass is 16.5. The van der Waals surface area contributed by atoms with Crippen LogP contribution in [0.1, 0.15) is 64.7 Å². The van der Waals surface area contributed by atoms with Crippen molar-refractivity contribution in [1.29, 1.82) is 0 Å². The molecule has 0 saturated carbocycles. The van der Waals surface area contributed by atoms with Crippen molar-refractivity contribution in [2.45, 2.75) is 70.8 Å². The summed E-state index contributed by atoms with van der Waals surface area (Å²) in [6.07, 6.45) is 10.9. The summed E-state index contributed by atoms with van der Waals surface area (Å²) in [5, 5.41) is 0. The Kier molecular flexibility index (Phi) is 10.5. The lowest BCUT2D eigenvalue weighted by Crippen LogP contribution is -2.31. The van der Waals surface area contributed by atoms with Crippen molar-refractivity contribution in [2.75, 3.05) is 7.11 Å². The van der Waals surface area contributed by atoms with Crippen LogP contribution in [-0.4, -0.2) is 19.1 Å². The zero-order valence-electron chi connectivity index (χ0n) is 10.8. The molecule has 0 aliphatic heterocycles. The molecule has 0 radical (unpaired) electrons. The zero-order valence-corrected chi connectivity index (χ0v) is 10.8. The van der Waals surface area contributed by atoms with Crippen LogP contribution >= 0.6 is 0 Å². The third kappa shape index (κ3) is 8.72. The number of esters is 1. The summed E-state index contributed by atoms with van der Waals surface area (Å²) < 4.78 is 4.57. The van der Waals surface area contributed by atoms with Gasteiger partial charge in [0.1, 0.15) is 6.04 Å². The van der Waals surface area contributed by atoms with Crippen molar-refractivity contribution in [3.05, 3.63) is 0 Å². The van der Waals surface area contributed by atoms with E-state index in [0.717, 1.165) is 12.8 Å². The van der Waals surface area contributed by atoms with Crippen LogP contribution in [0.3, 0.4) is 0 Å². The second-order valence-corrected chi connectivity index (χ2v) is 4.39. The minimum Gasteiger partial charge on any atom is -0.468 e.